The highest BCUT2D eigenvalue weighted by Crippen LogP contribution is 2.29. The molecular formula is C20H18F3NO3. The largest absolute Gasteiger partial charge is 0.462 e. The summed E-state index contributed by atoms with van der Waals surface area (Å²) in [7, 11) is 0. The maximum Gasteiger partial charge on any atom is 0.416 e. The van der Waals surface area contributed by atoms with E-state index in [1.54, 1.807) is 12.1 Å². The summed E-state index contributed by atoms with van der Waals surface area (Å²) in [6, 6.07) is 10.8. The molecule has 4 nitrogen and oxygen atoms in total. The minimum Gasteiger partial charge on any atom is -0.462 e. The molecule has 0 aliphatic rings. The van der Waals surface area contributed by atoms with Gasteiger partial charge in [-0.25, -0.2) is 4.79 Å². The topological polar surface area (TPSA) is 55.4 Å². The summed E-state index contributed by atoms with van der Waals surface area (Å²) in [6.45, 7) is 2.22. The van der Waals surface area contributed by atoms with Crippen LogP contribution in [0.5, 0.6) is 0 Å². The molecule has 0 bridgehead atoms. The van der Waals surface area contributed by atoms with Crippen molar-refractivity contribution in [2.24, 2.45) is 0 Å². The van der Waals surface area contributed by atoms with Crippen LogP contribution in [0, 0.1) is 0 Å². The van der Waals surface area contributed by atoms with Crippen molar-refractivity contribution in [1.29, 1.82) is 0 Å². The maximum atomic E-state index is 12.7. The molecule has 0 aromatic heterocycles. The number of carbonyl (C=O) groups is 2. The first-order chi connectivity index (χ1) is 12.8. The number of rotatable bonds is 6. The van der Waals surface area contributed by atoms with Crippen molar-refractivity contribution in [2.75, 3.05) is 11.9 Å². The predicted molar refractivity (Wildman–Crippen MR) is 96.1 cm³/mol. The van der Waals surface area contributed by atoms with Gasteiger partial charge in [-0.05, 0) is 54.5 Å². The average molecular weight is 377 g/mol. The molecule has 0 aliphatic heterocycles. The second-order valence-corrected chi connectivity index (χ2v) is 5.66. The van der Waals surface area contributed by atoms with Gasteiger partial charge in [0.15, 0.2) is 0 Å². The molecule has 7 heteroatoms. The van der Waals surface area contributed by atoms with Gasteiger partial charge in [0, 0.05) is 11.8 Å². The fourth-order valence-electron chi connectivity index (χ4n) is 2.14. The summed E-state index contributed by atoms with van der Waals surface area (Å²) in [5, 5.41) is 2.57. The van der Waals surface area contributed by atoms with Crippen molar-refractivity contribution in [3.8, 4) is 0 Å². The first-order valence-corrected chi connectivity index (χ1v) is 8.23. The molecule has 27 heavy (non-hydrogen) atoms. The Balaban J connectivity index is 1.97. The zero-order valence-electron chi connectivity index (χ0n) is 14.5. The van der Waals surface area contributed by atoms with E-state index in [9.17, 15) is 22.8 Å². The van der Waals surface area contributed by atoms with Gasteiger partial charge in [0.05, 0.1) is 17.7 Å². The van der Waals surface area contributed by atoms with Gasteiger partial charge in [0.25, 0.3) is 0 Å². The van der Waals surface area contributed by atoms with Crippen molar-refractivity contribution in [3.63, 3.8) is 0 Å². The van der Waals surface area contributed by atoms with Crippen molar-refractivity contribution in [3.05, 3.63) is 71.3 Å². The Hall–Kier alpha value is -3.09. The lowest BCUT2D eigenvalue weighted by Gasteiger charge is -2.07. The van der Waals surface area contributed by atoms with Crippen LogP contribution < -0.4 is 5.32 Å². The standard InChI is InChI=1S/C20H18F3NO3/c1-2-12-27-19(26)15-7-9-17(10-8-15)24-18(25)11-6-14-4-3-5-16(13-14)20(21,22)23/h3-11,13H,2,12H2,1H3,(H,24,25)/b11-6+. The minimum absolute atomic E-state index is 0.258. The maximum absolute atomic E-state index is 12.7. The lowest BCUT2D eigenvalue weighted by atomic mass is 10.1. The second-order valence-electron chi connectivity index (χ2n) is 5.66. The normalized spacial score (nSPS) is 11.4. The number of ether oxygens (including phenoxy) is 1. The first-order valence-electron chi connectivity index (χ1n) is 8.23. The zero-order chi connectivity index (χ0) is 19.9. The zero-order valence-corrected chi connectivity index (χ0v) is 14.5. The molecule has 0 atom stereocenters. The molecule has 0 unspecified atom stereocenters. The molecule has 0 saturated carbocycles. The van der Waals surface area contributed by atoms with Crippen LogP contribution in [0.1, 0.15) is 34.8 Å². The van der Waals surface area contributed by atoms with Crippen LogP contribution in [0.2, 0.25) is 0 Å². The Labute approximate surface area is 154 Å². The van der Waals surface area contributed by atoms with Crippen LogP contribution in [-0.4, -0.2) is 18.5 Å². The number of esters is 1. The lowest BCUT2D eigenvalue weighted by molar-refractivity contribution is -0.137. The Morgan fingerprint density at radius 2 is 1.81 bits per heavy atom. The third kappa shape index (κ3) is 6.29. The van der Waals surface area contributed by atoms with E-state index in [-0.39, 0.29) is 5.56 Å². The van der Waals surface area contributed by atoms with E-state index >= 15 is 0 Å². The summed E-state index contributed by atoms with van der Waals surface area (Å²) < 4.78 is 43.0. The SMILES string of the molecule is CCCOC(=O)c1ccc(NC(=O)/C=C/c2cccc(C(F)(F)F)c2)cc1. The predicted octanol–water partition coefficient (Wildman–Crippen LogP) is 4.92. The van der Waals surface area contributed by atoms with Crippen LogP contribution >= 0.6 is 0 Å². The van der Waals surface area contributed by atoms with E-state index < -0.39 is 23.6 Å². The van der Waals surface area contributed by atoms with Crippen molar-refractivity contribution >= 4 is 23.6 Å². The van der Waals surface area contributed by atoms with E-state index in [1.165, 1.54) is 30.3 Å². The number of hydrogen-bond acceptors (Lipinski definition) is 3. The Kier molecular flexibility index (Phi) is 6.76. The van der Waals surface area contributed by atoms with Gasteiger partial charge in [-0.15, -0.1) is 0 Å². The fraction of sp³-hybridized carbons (Fsp3) is 0.200. The van der Waals surface area contributed by atoms with E-state index in [0.717, 1.165) is 24.6 Å². The molecule has 2 rings (SSSR count). The van der Waals surface area contributed by atoms with Crippen LogP contribution in [0.15, 0.2) is 54.6 Å². The number of halogens is 3. The van der Waals surface area contributed by atoms with Crippen LogP contribution in [0.3, 0.4) is 0 Å². The highest BCUT2D eigenvalue weighted by Gasteiger charge is 2.30. The van der Waals surface area contributed by atoms with Crippen molar-refractivity contribution in [2.45, 2.75) is 19.5 Å². The number of alkyl halides is 3. The number of anilines is 1. The summed E-state index contributed by atoms with van der Waals surface area (Å²) in [5.74, 6) is -0.951. The quantitative estimate of drug-likeness (QED) is 0.574. The van der Waals surface area contributed by atoms with E-state index in [0.29, 0.717) is 17.9 Å². The molecule has 142 valence electrons. The molecule has 0 heterocycles. The second kappa shape index (κ2) is 9.02. The van der Waals surface area contributed by atoms with Gasteiger partial charge < -0.3 is 10.1 Å². The highest BCUT2D eigenvalue weighted by molar-refractivity contribution is 6.02. The minimum atomic E-state index is -4.44. The number of hydrogen-bond donors (Lipinski definition) is 1. The first kappa shape index (κ1) is 20.2. The van der Waals surface area contributed by atoms with E-state index in [2.05, 4.69) is 5.32 Å². The number of amides is 1. The van der Waals surface area contributed by atoms with Gasteiger partial charge in [0.1, 0.15) is 0 Å². The molecular weight excluding hydrogens is 359 g/mol. The number of benzene rings is 2. The van der Waals surface area contributed by atoms with Crippen molar-refractivity contribution in [1.82, 2.24) is 0 Å². The van der Waals surface area contributed by atoms with Crippen molar-refractivity contribution < 1.29 is 27.5 Å². The molecule has 0 fully saturated rings. The summed E-state index contributed by atoms with van der Waals surface area (Å²) in [5.41, 5.74) is 0.284. The Morgan fingerprint density at radius 1 is 1.11 bits per heavy atom. The molecule has 0 radical (unpaired) electrons. The average Bonchev–Trinajstić information content (AvgIpc) is 2.64. The van der Waals surface area contributed by atoms with Crippen LogP contribution in [0.4, 0.5) is 18.9 Å². The smallest absolute Gasteiger partial charge is 0.416 e. The number of carbonyl (C=O) groups excluding carboxylic acids is 2. The van der Waals surface area contributed by atoms with E-state index in [4.69, 9.17) is 4.74 Å². The molecule has 2 aromatic rings. The molecule has 1 N–H and O–H groups in total. The van der Waals surface area contributed by atoms with Gasteiger partial charge >= 0.3 is 12.1 Å². The van der Waals surface area contributed by atoms with Crippen LogP contribution in [0.25, 0.3) is 6.08 Å². The highest BCUT2D eigenvalue weighted by atomic mass is 19.4. The molecule has 2 aromatic carbocycles. The van der Waals surface area contributed by atoms with Gasteiger partial charge in [-0.2, -0.15) is 13.2 Å². The van der Waals surface area contributed by atoms with Gasteiger partial charge in [-0.3, -0.25) is 4.79 Å². The van der Waals surface area contributed by atoms with Gasteiger partial charge in [0.2, 0.25) is 5.91 Å². The molecule has 0 spiro atoms. The Morgan fingerprint density at radius 3 is 2.44 bits per heavy atom. The fourth-order valence-corrected chi connectivity index (χ4v) is 2.14. The monoisotopic (exact) mass is 377 g/mol. The lowest BCUT2D eigenvalue weighted by Crippen LogP contribution is -2.09. The molecule has 0 saturated heterocycles. The summed E-state index contributed by atoms with van der Waals surface area (Å²) >= 11 is 0. The number of nitrogens with one attached hydrogen (secondary N) is 1. The third-order valence-corrected chi connectivity index (χ3v) is 3.47. The summed E-state index contributed by atoms with van der Waals surface area (Å²) in [4.78, 5) is 23.6. The van der Waals surface area contributed by atoms with Gasteiger partial charge in [-0.1, -0.05) is 19.1 Å². The summed E-state index contributed by atoms with van der Waals surface area (Å²) in [6.07, 6.45) is -1.29. The Bertz CT molecular complexity index is 827. The molecule has 0 aliphatic carbocycles. The third-order valence-electron chi connectivity index (χ3n) is 3.47. The van der Waals surface area contributed by atoms with Crippen LogP contribution in [-0.2, 0) is 15.7 Å². The van der Waals surface area contributed by atoms with E-state index in [1.807, 2.05) is 6.92 Å². The molecule has 1 amide bonds.